The van der Waals surface area contributed by atoms with E-state index in [4.69, 9.17) is 14.2 Å². The van der Waals surface area contributed by atoms with Crippen LogP contribution in [0, 0.1) is 11.8 Å². The first kappa shape index (κ1) is 52.4. The minimum atomic E-state index is -0.759. The number of rotatable bonds is 42. The lowest BCUT2D eigenvalue weighted by Crippen LogP contribution is -2.30. The van der Waals surface area contributed by atoms with E-state index in [0.29, 0.717) is 19.3 Å². The van der Waals surface area contributed by atoms with Crippen LogP contribution in [-0.2, 0) is 28.6 Å². The lowest BCUT2D eigenvalue weighted by atomic mass is 10.00. The maximum absolute atomic E-state index is 12.6. The van der Waals surface area contributed by atoms with E-state index in [1.165, 1.54) is 141 Å². The Morgan fingerprint density at radius 2 is 0.704 bits per heavy atom. The smallest absolute Gasteiger partial charge is 0.306 e. The van der Waals surface area contributed by atoms with Crippen molar-refractivity contribution in [1.82, 2.24) is 0 Å². The molecule has 0 bridgehead atoms. The van der Waals surface area contributed by atoms with E-state index in [1.54, 1.807) is 0 Å². The number of esters is 3. The molecule has 0 N–H and O–H groups in total. The van der Waals surface area contributed by atoms with Gasteiger partial charge in [-0.2, -0.15) is 0 Å². The van der Waals surface area contributed by atoms with Crippen molar-refractivity contribution in [2.75, 3.05) is 13.2 Å². The number of carbonyl (C=O) groups is 3. The van der Waals surface area contributed by atoms with Gasteiger partial charge in [-0.1, -0.05) is 221 Å². The summed E-state index contributed by atoms with van der Waals surface area (Å²) >= 11 is 0. The molecule has 0 aromatic carbocycles. The second-order valence-electron chi connectivity index (χ2n) is 17.1. The fraction of sp³-hybridized carbons (Fsp3) is 0.938. The zero-order valence-electron chi connectivity index (χ0n) is 36.8. The summed E-state index contributed by atoms with van der Waals surface area (Å²) in [5, 5.41) is 0. The topological polar surface area (TPSA) is 78.9 Å². The molecule has 0 rings (SSSR count). The fourth-order valence-corrected chi connectivity index (χ4v) is 7.07. The van der Waals surface area contributed by atoms with Crippen LogP contribution in [0.1, 0.15) is 259 Å². The first-order valence-electron chi connectivity index (χ1n) is 23.8. The maximum Gasteiger partial charge on any atom is 0.306 e. The summed E-state index contributed by atoms with van der Waals surface area (Å²) in [6.07, 6.45) is 39.9. The molecule has 1 unspecified atom stereocenters. The van der Waals surface area contributed by atoms with Gasteiger partial charge in [0, 0.05) is 19.3 Å². The maximum atomic E-state index is 12.6. The van der Waals surface area contributed by atoms with Crippen LogP contribution in [-0.4, -0.2) is 37.2 Å². The third kappa shape index (κ3) is 40.1. The normalized spacial score (nSPS) is 12.6. The van der Waals surface area contributed by atoms with Crippen LogP contribution in [0.25, 0.3) is 0 Å². The molecule has 320 valence electrons. The monoisotopic (exact) mass is 765 g/mol. The summed E-state index contributed by atoms with van der Waals surface area (Å²) in [7, 11) is 0. The Morgan fingerprint density at radius 3 is 1.06 bits per heavy atom. The van der Waals surface area contributed by atoms with Gasteiger partial charge in [-0.15, -0.1) is 0 Å². The summed E-state index contributed by atoms with van der Waals surface area (Å²) in [5.41, 5.74) is 0. The number of hydrogen-bond acceptors (Lipinski definition) is 6. The molecule has 0 aliphatic carbocycles. The fourth-order valence-electron chi connectivity index (χ4n) is 7.07. The minimum Gasteiger partial charge on any atom is -0.462 e. The van der Waals surface area contributed by atoms with Crippen LogP contribution < -0.4 is 0 Å². The highest BCUT2D eigenvalue weighted by Gasteiger charge is 2.19. The molecule has 6 heteroatoms. The van der Waals surface area contributed by atoms with E-state index in [-0.39, 0.29) is 31.1 Å². The highest BCUT2D eigenvalue weighted by atomic mass is 16.6. The van der Waals surface area contributed by atoms with Gasteiger partial charge in [-0.25, -0.2) is 0 Å². The molecule has 0 saturated heterocycles. The summed E-state index contributed by atoms with van der Waals surface area (Å²) < 4.78 is 16.6. The summed E-state index contributed by atoms with van der Waals surface area (Å²) in [6.45, 7) is 11.3. The minimum absolute atomic E-state index is 0.0663. The van der Waals surface area contributed by atoms with Crippen molar-refractivity contribution in [2.45, 2.75) is 265 Å². The average Bonchev–Trinajstić information content (AvgIpc) is 3.15. The van der Waals surface area contributed by atoms with E-state index < -0.39 is 6.10 Å². The molecule has 0 amide bonds. The largest absolute Gasteiger partial charge is 0.462 e. The van der Waals surface area contributed by atoms with Crippen LogP contribution in [0.3, 0.4) is 0 Å². The Balaban J connectivity index is 4.05. The third-order valence-corrected chi connectivity index (χ3v) is 11.1. The molecule has 2 atom stereocenters. The summed E-state index contributed by atoms with van der Waals surface area (Å²) in [4.78, 5) is 37.4. The summed E-state index contributed by atoms with van der Waals surface area (Å²) in [6, 6.07) is 0. The Bertz CT molecular complexity index is 826. The van der Waals surface area contributed by atoms with Crippen LogP contribution in [0.5, 0.6) is 0 Å². The molecule has 0 saturated carbocycles. The molecule has 0 aromatic heterocycles. The van der Waals surface area contributed by atoms with Gasteiger partial charge in [-0.3, -0.25) is 14.4 Å². The molecule has 0 aromatic rings. The third-order valence-electron chi connectivity index (χ3n) is 11.1. The van der Waals surface area contributed by atoms with Crippen LogP contribution in [0.4, 0.5) is 0 Å². The lowest BCUT2D eigenvalue weighted by molar-refractivity contribution is -0.167. The van der Waals surface area contributed by atoms with Gasteiger partial charge in [-0.05, 0) is 31.1 Å². The van der Waals surface area contributed by atoms with E-state index in [2.05, 4.69) is 34.6 Å². The van der Waals surface area contributed by atoms with E-state index in [0.717, 1.165) is 76.0 Å². The van der Waals surface area contributed by atoms with Crippen molar-refractivity contribution < 1.29 is 28.6 Å². The van der Waals surface area contributed by atoms with Gasteiger partial charge >= 0.3 is 17.9 Å². The van der Waals surface area contributed by atoms with Gasteiger partial charge in [0.1, 0.15) is 13.2 Å². The Hall–Kier alpha value is -1.59. The summed E-state index contributed by atoms with van der Waals surface area (Å²) in [5.74, 6) is 0.797. The number of carbonyl (C=O) groups excluding carboxylic acids is 3. The zero-order valence-corrected chi connectivity index (χ0v) is 36.8. The van der Waals surface area contributed by atoms with Crippen LogP contribution >= 0.6 is 0 Å². The molecule has 0 aliphatic rings. The Morgan fingerprint density at radius 1 is 0.389 bits per heavy atom. The first-order valence-corrected chi connectivity index (χ1v) is 23.8. The van der Waals surface area contributed by atoms with Gasteiger partial charge in [0.15, 0.2) is 6.10 Å². The molecular formula is C48H92O6. The zero-order chi connectivity index (χ0) is 39.7. The molecule has 54 heavy (non-hydrogen) atoms. The van der Waals surface area contributed by atoms with Crippen LogP contribution in [0.2, 0.25) is 0 Å². The van der Waals surface area contributed by atoms with Crippen molar-refractivity contribution in [3.63, 3.8) is 0 Å². The lowest BCUT2D eigenvalue weighted by Gasteiger charge is -2.18. The molecule has 6 nitrogen and oxygen atoms in total. The standard InChI is InChI=1S/C48H92O6/c1-6-8-9-26-33-38-46(49)52-41-45(54-48(51)40-35-30-25-24-28-32-37-44(5)7-2)42-53-47(50)39-34-29-23-21-19-17-15-13-11-10-12-14-16-18-20-22-27-31-36-43(3)4/h43-45H,6-42H2,1-5H3/t44?,45-/m1/s1. The molecule has 0 fully saturated rings. The van der Waals surface area contributed by atoms with E-state index in [9.17, 15) is 14.4 Å². The predicted octanol–water partition coefficient (Wildman–Crippen LogP) is 15.0. The number of ether oxygens (including phenoxy) is 3. The van der Waals surface area contributed by atoms with Crippen LogP contribution in [0.15, 0.2) is 0 Å². The second-order valence-corrected chi connectivity index (χ2v) is 17.1. The molecule has 0 radical (unpaired) electrons. The quantitative estimate of drug-likeness (QED) is 0.0350. The first-order chi connectivity index (χ1) is 26.3. The van der Waals surface area contributed by atoms with E-state index >= 15 is 0 Å². The SMILES string of the molecule is CCCCCCCC(=O)OC[C@H](COC(=O)CCCCCCCCCCCCCCCCCCCCC(C)C)OC(=O)CCCCCCCCC(C)CC. The van der Waals surface area contributed by atoms with Gasteiger partial charge < -0.3 is 14.2 Å². The molecule has 0 aliphatic heterocycles. The van der Waals surface area contributed by atoms with Crippen molar-refractivity contribution >= 4 is 17.9 Å². The van der Waals surface area contributed by atoms with Gasteiger partial charge in [0.05, 0.1) is 0 Å². The van der Waals surface area contributed by atoms with Crippen molar-refractivity contribution in [3.05, 3.63) is 0 Å². The predicted molar refractivity (Wildman–Crippen MR) is 229 cm³/mol. The van der Waals surface area contributed by atoms with E-state index in [1.807, 2.05) is 0 Å². The average molecular weight is 765 g/mol. The van der Waals surface area contributed by atoms with Gasteiger partial charge in [0.25, 0.3) is 0 Å². The van der Waals surface area contributed by atoms with Crippen molar-refractivity contribution in [2.24, 2.45) is 11.8 Å². The molecule has 0 heterocycles. The Kier molecular flexibility index (Phi) is 39.8. The second kappa shape index (κ2) is 41.1. The highest BCUT2D eigenvalue weighted by molar-refractivity contribution is 5.71. The number of unbranched alkanes of at least 4 members (excludes halogenated alkanes) is 26. The number of hydrogen-bond donors (Lipinski definition) is 0. The van der Waals surface area contributed by atoms with Gasteiger partial charge in [0.2, 0.25) is 0 Å². The molecular weight excluding hydrogens is 673 g/mol. The molecule has 0 spiro atoms. The highest BCUT2D eigenvalue weighted by Crippen LogP contribution is 2.17. The Labute approximate surface area is 336 Å². The van der Waals surface area contributed by atoms with Crippen molar-refractivity contribution in [1.29, 1.82) is 0 Å². The van der Waals surface area contributed by atoms with Crippen molar-refractivity contribution in [3.8, 4) is 0 Å².